The molecular weight excluding hydrogens is 424 g/mol. The number of hydrogen-bond donors (Lipinski definition) is 1. The first-order chi connectivity index (χ1) is 15.6. The molecule has 32 heavy (non-hydrogen) atoms. The Morgan fingerprint density at radius 1 is 1.22 bits per heavy atom. The quantitative estimate of drug-likeness (QED) is 0.623. The van der Waals surface area contributed by atoms with Crippen molar-refractivity contribution in [2.75, 3.05) is 18.0 Å². The van der Waals surface area contributed by atoms with Crippen LogP contribution in [0.25, 0.3) is 0 Å². The molecule has 0 spiro atoms. The first kappa shape index (κ1) is 20.5. The Morgan fingerprint density at radius 2 is 2.06 bits per heavy atom. The molecule has 8 heteroatoms. The molecule has 1 aliphatic carbocycles. The fourth-order valence-corrected chi connectivity index (χ4v) is 4.41. The highest BCUT2D eigenvalue weighted by atomic mass is 35.5. The smallest absolute Gasteiger partial charge is 0.254 e. The van der Waals surface area contributed by atoms with Crippen LogP contribution in [0.5, 0.6) is 0 Å². The minimum absolute atomic E-state index is 0.0830. The second-order valence-corrected chi connectivity index (χ2v) is 8.91. The fraction of sp³-hybridized carbons (Fsp3) is 0.333. The highest BCUT2D eigenvalue weighted by Gasteiger charge is 2.33. The largest absolute Gasteiger partial charge is 0.356 e. The summed E-state index contributed by atoms with van der Waals surface area (Å²) in [4.78, 5) is 19.4. The van der Waals surface area contributed by atoms with Gasteiger partial charge >= 0.3 is 0 Å². The molecule has 1 aliphatic heterocycles. The predicted octanol–water partition coefficient (Wildman–Crippen LogP) is 3.74. The highest BCUT2D eigenvalue weighted by molar-refractivity contribution is 6.30. The van der Waals surface area contributed by atoms with Crippen LogP contribution in [0.4, 0.5) is 5.82 Å². The predicted molar refractivity (Wildman–Crippen MR) is 122 cm³/mol. The van der Waals surface area contributed by atoms with Crippen molar-refractivity contribution in [3.05, 3.63) is 76.2 Å². The van der Waals surface area contributed by atoms with Crippen molar-refractivity contribution in [2.45, 2.75) is 37.8 Å². The van der Waals surface area contributed by atoms with Crippen molar-refractivity contribution in [1.82, 2.24) is 20.1 Å². The number of amides is 1. The van der Waals surface area contributed by atoms with Gasteiger partial charge in [-0.25, -0.2) is 4.98 Å². The summed E-state index contributed by atoms with van der Waals surface area (Å²) in [5.74, 6) is 1.12. The van der Waals surface area contributed by atoms with Crippen LogP contribution >= 0.6 is 11.6 Å². The van der Waals surface area contributed by atoms with Gasteiger partial charge in [0.1, 0.15) is 5.82 Å². The number of nitrogens with one attached hydrogen (secondary N) is 1. The van der Waals surface area contributed by atoms with Crippen molar-refractivity contribution in [3.8, 4) is 6.07 Å². The van der Waals surface area contributed by atoms with E-state index in [9.17, 15) is 10.1 Å². The van der Waals surface area contributed by atoms with E-state index in [-0.39, 0.29) is 17.9 Å². The number of anilines is 1. The maximum Gasteiger partial charge on any atom is 0.254 e. The molecule has 5 rings (SSSR count). The van der Waals surface area contributed by atoms with E-state index in [4.69, 9.17) is 11.6 Å². The normalized spacial score (nSPS) is 19.6. The van der Waals surface area contributed by atoms with Gasteiger partial charge in [0.2, 0.25) is 0 Å². The van der Waals surface area contributed by atoms with Crippen LogP contribution in [0.15, 0.2) is 48.9 Å². The zero-order valence-corrected chi connectivity index (χ0v) is 18.3. The van der Waals surface area contributed by atoms with Gasteiger partial charge in [0.25, 0.3) is 5.91 Å². The molecule has 0 atom stereocenters. The van der Waals surface area contributed by atoms with Crippen LogP contribution in [0.1, 0.15) is 52.2 Å². The van der Waals surface area contributed by atoms with Gasteiger partial charge in [-0.15, -0.1) is 0 Å². The molecule has 1 N–H and O–H groups in total. The zero-order valence-electron chi connectivity index (χ0n) is 17.5. The van der Waals surface area contributed by atoms with Gasteiger partial charge in [0.15, 0.2) is 0 Å². The monoisotopic (exact) mass is 446 g/mol. The van der Waals surface area contributed by atoms with E-state index < -0.39 is 0 Å². The van der Waals surface area contributed by atoms with Crippen molar-refractivity contribution < 1.29 is 4.79 Å². The number of halogens is 1. The third kappa shape index (κ3) is 4.19. The van der Waals surface area contributed by atoms with Crippen LogP contribution in [-0.4, -0.2) is 39.8 Å². The summed E-state index contributed by atoms with van der Waals surface area (Å²) in [5, 5.41) is 17.3. The molecule has 1 amide bonds. The average molecular weight is 447 g/mol. The van der Waals surface area contributed by atoms with Crippen LogP contribution in [-0.2, 0) is 6.54 Å². The second-order valence-electron chi connectivity index (χ2n) is 8.47. The first-order valence-corrected chi connectivity index (χ1v) is 11.2. The van der Waals surface area contributed by atoms with Crippen LogP contribution in [0.3, 0.4) is 0 Å². The lowest BCUT2D eigenvalue weighted by Gasteiger charge is -2.36. The lowest BCUT2D eigenvalue weighted by atomic mass is 9.74. The standard InChI is InChI=1S/C24H23ClN6O/c25-20-4-3-17(11-26)22(10-20)18-8-21(9-18)29-24(32)19-13-28-31(15-19)14-16-2-5-23(27-12-16)30-6-1-7-30/h2-5,10,12-13,15,18,21H,1,6-9,14H2,(H,29,32)/t18-,21+. The summed E-state index contributed by atoms with van der Waals surface area (Å²) >= 11 is 6.10. The first-order valence-electron chi connectivity index (χ1n) is 10.8. The number of benzene rings is 1. The Kier molecular flexibility index (Phi) is 5.54. The lowest BCUT2D eigenvalue weighted by molar-refractivity contribution is 0.0909. The van der Waals surface area contributed by atoms with Crippen LogP contribution in [0.2, 0.25) is 5.02 Å². The molecular formula is C24H23ClN6O. The maximum absolute atomic E-state index is 12.6. The molecule has 0 unspecified atom stereocenters. The molecule has 1 aromatic carbocycles. The highest BCUT2D eigenvalue weighted by Crippen LogP contribution is 2.39. The van der Waals surface area contributed by atoms with Crippen molar-refractivity contribution in [2.24, 2.45) is 0 Å². The maximum atomic E-state index is 12.6. The Hall–Kier alpha value is -3.37. The third-order valence-corrected chi connectivity index (χ3v) is 6.51. The fourth-order valence-electron chi connectivity index (χ4n) is 4.23. The van der Waals surface area contributed by atoms with Crippen molar-refractivity contribution >= 4 is 23.3 Å². The summed E-state index contributed by atoms with van der Waals surface area (Å²) < 4.78 is 1.75. The van der Waals surface area contributed by atoms with Gasteiger partial charge in [0, 0.05) is 36.5 Å². The van der Waals surface area contributed by atoms with Gasteiger partial charge < -0.3 is 10.2 Å². The Balaban J connectivity index is 1.15. The summed E-state index contributed by atoms with van der Waals surface area (Å²) in [6.45, 7) is 2.71. The van der Waals surface area contributed by atoms with Gasteiger partial charge in [-0.05, 0) is 60.6 Å². The van der Waals surface area contributed by atoms with E-state index in [2.05, 4.69) is 32.4 Å². The lowest BCUT2D eigenvalue weighted by Crippen LogP contribution is -2.43. The number of nitrogens with zero attached hydrogens (tertiary/aromatic N) is 5. The van der Waals surface area contributed by atoms with Gasteiger partial charge in [0.05, 0.1) is 29.9 Å². The van der Waals surface area contributed by atoms with Gasteiger partial charge in [-0.1, -0.05) is 17.7 Å². The van der Waals surface area contributed by atoms with Gasteiger partial charge in [-0.2, -0.15) is 10.4 Å². The third-order valence-electron chi connectivity index (χ3n) is 6.28. The van der Waals surface area contributed by atoms with Gasteiger partial charge in [-0.3, -0.25) is 9.48 Å². The van der Waals surface area contributed by atoms with E-state index in [1.165, 1.54) is 6.42 Å². The van der Waals surface area contributed by atoms with E-state index in [0.717, 1.165) is 42.9 Å². The molecule has 0 radical (unpaired) electrons. The number of aromatic nitrogens is 3. The minimum Gasteiger partial charge on any atom is -0.356 e. The SMILES string of the molecule is N#Cc1ccc(Cl)cc1[C@H]1C[C@@H](NC(=O)c2cnn(Cc3ccc(N4CCC4)nc3)c2)C1. The Bertz CT molecular complexity index is 1170. The number of carbonyl (C=O) groups excluding carboxylic acids is 1. The van der Waals surface area contributed by atoms with Crippen molar-refractivity contribution in [3.63, 3.8) is 0 Å². The Labute approximate surface area is 191 Å². The number of rotatable bonds is 6. The zero-order chi connectivity index (χ0) is 22.1. The molecule has 2 fully saturated rings. The van der Waals surface area contributed by atoms with E-state index in [1.807, 2.05) is 18.3 Å². The molecule has 2 aromatic heterocycles. The molecule has 2 aliphatic rings. The summed E-state index contributed by atoms with van der Waals surface area (Å²) in [5.41, 5.74) is 3.20. The van der Waals surface area contributed by atoms with E-state index in [0.29, 0.717) is 22.7 Å². The summed E-state index contributed by atoms with van der Waals surface area (Å²) in [6, 6.07) is 11.8. The molecule has 3 heterocycles. The second kappa shape index (κ2) is 8.64. The molecule has 3 aromatic rings. The van der Waals surface area contributed by atoms with E-state index >= 15 is 0 Å². The van der Waals surface area contributed by atoms with Crippen LogP contribution in [0, 0.1) is 11.3 Å². The summed E-state index contributed by atoms with van der Waals surface area (Å²) in [7, 11) is 0. The van der Waals surface area contributed by atoms with E-state index in [1.54, 1.807) is 29.2 Å². The molecule has 0 bridgehead atoms. The number of pyridine rings is 1. The number of hydrogen-bond acceptors (Lipinski definition) is 5. The Morgan fingerprint density at radius 3 is 2.75 bits per heavy atom. The number of carbonyl (C=O) groups is 1. The summed E-state index contributed by atoms with van der Waals surface area (Å²) in [6.07, 6.45) is 8.05. The molecule has 1 saturated carbocycles. The molecule has 7 nitrogen and oxygen atoms in total. The molecule has 162 valence electrons. The molecule has 1 saturated heterocycles. The van der Waals surface area contributed by atoms with Crippen LogP contribution < -0.4 is 10.2 Å². The minimum atomic E-state index is -0.127. The topological polar surface area (TPSA) is 86.8 Å². The number of nitriles is 1. The van der Waals surface area contributed by atoms with Crippen molar-refractivity contribution in [1.29, 1.82) is 5.26 Å². The average Bonchev–Trinajstić information content (AvgIpc) is 3.19.